The first kappa shape index (κ1) is 19.1. The fourth-order valence-corrected chi connectivity index (χ4v) is 4.11. The van der Waals surface area contributed by atoms with Gasteiger partial charge in [-0.2, -0.15) is 0 Å². The lowest BCUT2D eigenvalue weighted by atomic mass is 10.1. The summed E-state index contributed by atoms with van der Waals surface area (Å²) in [7, 11) is 2.17. The summed E-state index contributed by atoms with van der Waals surface area (Å²) in [5.41, 5.74) is 4.46. The number of benzene rings is 1. The molecule has 8 heteroatoms. The van der Waals surface area contributed by atoms with Crippen molar-refractivity contribution in [1.82, 2.24) is 9.88 Å². The van der Waals surface area contributed by atoms with Crippen LogP contribution in [0.2, 0.25) is 0 Å². The van der Waals surface area contributed by atoms with Gasteiger partial charge in [-0.05, 0) is 31.3 Å². The van der Waals surface area contributed by atoms with Crippen LogP contribution in [0.4, 0.5) is 28.7 Å². The van der Waals surface area contributed by atoms with Crippen LogP contribution in [0.15, 0.2) is 35.3 Å². The zero-order valence-corrected chi connectivity index (χ0v) is 17.5. The molecule has 5 rings (SSSR count). The van der Waals surface area contributed by atoms with Crippen molar-refractivity contribution < 1.29 is 4.74 Å². The summed E-state index contributed by atoms with van der Waals surface area (Å²) >= 11 is 0. The molecule has 3 aliphatic heterocycles. The lowest BCUT2D eigenvalue weighted by Gasteiger charge is -2.34. The summed E-state index contributed by atoms with van der Waals surface area (Å²) in [5, 5.41) is 6.85. The molecule has 4 heterocycles. The third kappa shape index (κ3) is 4.06. The van der Waals surface area contributed by atoms with Crippen LogP contribution in [-0.2, 0) is 11.3 Å². The zero-order chi connectivity index (χ0) is 20.3. The molecule has 8 nitrogen and oxygen atoms in total. The van der Waals surface area contributed by atoms with Gasteiger partial charge in [0.15, 0.2) is 0 Å². The van der Waals surface area contributed by atoms with Gasteiger partial charge in [0.1, 0.15) is 11.6 Å². The Morgan fingerprint density at radius 2 is 1.73 bits per heavy atom. The van der Waals surface area contributed by atoms with Gasteiger partial charge in [-0.3, -0.25) is 4.99 Å². The molecule has 3 aliphatic rings. The zero-order valence-electron chi connectivity index (χ0n) is 17.5. The third-order valence-electron chi connectivity index (χ3n) is 6.01. The van der Waals surface area contributed by atoms with Gasteiger partial charge < -0.3 is 30.1 Å². The van der Waals surface area contributed by atoms with E-state index in [2.05, 4.69) is 67.7 Å². The molecule has 2 saturated heterocycles. The Labute approximate surface area is 177 Å². The first-order chi connectivity index (χ1) is 14.8. The van der Waals surface area contributed by atoms with E-state index in [1.54, 1.807) is 6.34 Å². The van der Waals surface area contributed by atoms with Gasteiger partial charge in [0, 0.05) is 62.3 Å². The summed E-state index contributed by atoms with van der Waals surface area (Å²) < 4.78 is 5.46. The minimum absolute atomic E-state index is 0.631. The molecule has 0 aliphatic carbocycles. The number of fused-ring (bicyclic) bond motifs is 1. The average Bonchev–Trinajstić information content (AvgIpc) is 2.80. The standard InChI is InChI=1S/C22H29N7O/c1-27-6-8-29(9-7-27)21-14-20-19(15-23-16-24-20)22(26-21)25-17-2-4-18(5-3-17)28-10-12-30-13-11-28/h2-5,14,16H,6-13,15H2,1H3,(H,23,24)(H,25,26). The Kier molecular flexibility index (Phi) is 5.42. The first-order valence-electron chi connectivity index (χ1n) is 10.7. The molecule has 0 bridgehead atoms. The van der Waals surface area contributed by atoms with E-state index < -0.39 is 0 Å². The van der Waals surface area contributed by atoms with E-state index in [1.807, 2.05) is 0 Å². The minimum Gasteiger partial charge on any atom is -0.378 e. The van der Waals surface area contributed by atoms with Crippen molar-refractivity contribution in [2.75, 3.05) is 80.0 Å². The van der Waals surface area contributed by atoms with Crippen LogP contribution in [-0.4, -0.2) is 75.8 Å². The van der Waals surface area contributed by atoms with E-state index in [9.17, 15) is 0 Å². The van der Waals surface area contributed by atoms with Crippen LogP contribution >= 0.6 is 0 Å². The number of nitrogens with zero attached hydrogens (tertiary/aromatic N) is 5. The molecule has 2 aromatic rings. The van der Waals surface area contributed by atoms with Crippen molar-refractivity contribution in [1.29, 1.82) is 0 Å². The first-order valence-corrected chi connectivity index (χ1v) is 10.7. The predicted molar refractivity (Wildman–Crippen MR) is 123 cm³/mol. The smallest absolute Gasteiger partial charge is 0.140 e. The highest BCUT2D eigenvalue weighted by atomic mass is 16.5. The van der Waals surface area contributed by atoms with Crippen LogP contribution in [0.25, 0.3) is 0 Å². The number of ether oxygens (including phenoxy) is 1. The van der Waals surface area contributed by atoms with Crippen molar-refractivity contribution in [3.63, 3.8) is 0 Å². The number of nitrogens with one attached hydrogen (secondary N) is 2. The largest absolute Gasteiger partial charge is 0.378 e. The van der Waals surface area contributed by atoms with Crippen molar-refractivity contribution in [2.45, 2.75) is 6.54 Å². The number of likely N-dealkylation sites (N-methyl/N-ethyl adjacent to an activating group) is 1. The second-order valence-electron chi connectivity index (χ2n) is 8.03. The van der Waals surface area contributed by atoms with E-state index in [0.29, 0.717) is 6.54 Å². The van der Waals surface area contributed by atoms with Crippen LogP contribution in [0.1, 0.15) is 5.56 Å². The Morgan fingerprint density at radius 3 is 2.50 bits per heavy atom. The number of aromatic nitrogens is 1. The van der Waals surface area contributed by atoms with Gasteiger partial charge in [0.25, 0.3) is 0 Å². The second kappa shape index (κ2) is 8.49. The highest BCUT2D eigenvalue weighted by Crippen LogP contribution is 2.32. The molecule has 0 amide bonds. The Balaban J connectivity index is 1.38. The maximum Gasteiger partial charge on any atom is 0.140 e. The number of hydrogen-bond donors (Lipinski definition) is 2. The lowest BCUT2D eigenvalue weighted by Crippen LogP contribution is -2.44. The molecule has 158 valence electrons. The number of hydrogen-bond acceptors (Lipinski definition) is 8. The van der Waals surface area contributed by atoms with Gasteiger partial charge >= 0.3 is 0 Å². The summed E-state index contributed by atoms with van der Waals surface area (Å²) in [6, 6.07) is 10.7. The van der Waals surface area contributed by atoms with Crippen LogP contribution in [0.5, 0.6) is 0 Å². The molecule has 0 unspecified atom stereocenters. The highest BCUT2D eigenvalue weighted by molar-refractivity contribution is 5.84. The maximum atomic E-state index is 5.46. The van der Waals surface area contributed by atoms with E-state index >= 15 is 0 Å². The van der Waals surface area contributed by atoms with Gasteiger partial charge in [0.05, 0.1) is 31.8 Å². The topological polar surface area (TPSA) is 68.3 Å². The number of aliphatic imine (C=N–C) groups is 1. The van der Waals surface area contributed by atoms with Crippen molar-refractivity contribution in [3.8, 4) is 0 Å². The fraction of sp³-hybridized carbons (Fsp3) is 0.455. The van der Waals surface area contributed by atoms with Crippen LogP contribution < -0.4 is 20.4 Å². The van der Waals surface area contributed by atoms with Gasteiger partial charge in [-0.1, -0.05) is 0 Å². The van der Waals surface area contributed by atoms with E-state index in [1.165, 1.54) is 5.69 Å². The van der Waals surface area contributed by atoms with Crippen molar-refractivity contribution in [3.05, 3.63) is 35.9 Å². The Bertz CT molecular complexity index is 900. The minimum atomic E-state index is 0.631. The van der Waals surface area contributed by atoms with Gasteiger partial charge in [-0.15, -0.1) is 0 Å². The molecular formula is C22H29N7O. The molecule has 0 saturated carbocycles. The van der Waals surface area contributed by atoms with E-state index in [-0.39, 0.29) is 0 Å². The quantitative estimate of drug-likeness (QED) is 0.806. The van der Waals surface area contributed by atoms with Gasteiger partial charge in [0.2, 0.25) is 0 Å². The molecule has 1 aromatic heterocycles. The molecule has 1 aromatic carbocycles. The van der Waals surface area contributed by atoms with Crippen LogP contribution in [0.3, 0.4) is 0 Å². The molecule has 0 radical (unpaired) electrons. The average molecular weight is 408 g/mol. The molecule has 0 atom stereocenters. The number of rotatable bonds is 4. The molecule has 0 spiro atoms. The van der Waals surface area contributed by atoms with Crippen molar-refractivity contribution >= 4 is 35.0 Å². The maximum absolute atomic E-state index is 5.46. The van der Waals surface area contributed by atoms with E-state index in [0.717, 1.165) is 81.1 Å². The predicted octanol–water partition coefficient (Wildman–Crippen LogP) is 2.37. The summed E-state index contributed by atoms with van der Waals surface area (Å²) in [6.45, 7) is 8.20. The number of pyridine rings is 1. The lowest BCUT2D eigenvalue weighted by molar-refractivity contribution is 0.122. The second-order valence-corrected chi connectivity index (χ2v) is 8.03. The Hall–Kier alpha value is -2.84. The SMILES string of the molecule is CN1CCN(c2cc3c(c(Nc4ccc(N5CCOCC5)cc4)n2)CN=CN3)CC1. The third-order valence-corrected chi connectivity index (χ3v) is 6.01. The fourth-order valence-electron chi connectivity index (χ4n) is 4.11. The molecular weight excluding hydrogens is 378 g/mol. The number of morpholine rings is 1. The molecule has 2 N–H and O–H groups in total. The highest BCUT2D eigenvalue weighted by Gasteiger charge is 2.20. The number of piperazine rings is 1. The molecule has 2 fully saturated rings. The van der Waals surface area contributed by atoms with Crippen LogP contribution in [0, 0.1) is 0 Å². The normalized spacial score (nSPS) is 19.4. The van der Waals surface area contributed by atoms with Crippen molar-refractivity contribution in [2.24, 2.45) is 4.99 Å². The molecule has 30 heavy (non-hydrogen) atoms. The summed E-state index contributed by atoms with van der Waals surface area (Å²) in [6.07, 6.45) is 1.77. The van der Waals surface area contributed by atoms with E-state index in [4.69, 9.17) is 9.72 Å². The summed E-state index contributed by atoms with van der Waals surface area (Å²) in [4.78, 5) is 16.5. The Morgan fingerprint density at radius 1 is 0.967 bits per heavy atom. The number of anilines is 5. The monoisotopic (exact) mass is 407 g/mol. The van der Waals surface area contributed by atoms with Gasteiger partial charge in [-0.25, -0.2) is 4.98 Å². The summed E-state index contributed by atoms with van der Waals surface area (Å²) in [5.74, 6) is 1.89.